The van der Waals surface area contributed by atoms with Gasteiger partial charge in [0.25, 0.3) is 0 Å². The van der Waals surface area contributed by atoms with E-state index in [9.17, 15) is 4.79 Å². The van der Waals surface area contributed by atoms with Crippen molar-refractivity contribution in [3.8, 4) is 5.75 Å². The molecule has 0 saturated carbocycles. The van der Waals surface area contributed by atoms with Crippen LogP contribution in [0.25, 0.3) is 0 Å². The lowest BCUT2D eigenvalue weighted by atomic mass is 10.3. The van der Waals surface area contributed by atoms with Crippen LogP contribution in [-0.2, 0) is 9.53 Å². The summed E-state index contributed by atoms with van der Waals surface area (Å²) in [5.74, 6) is -0.0573. The molecule has 1 rings (SSSR count). The lowest BCUT2D eigenvalue weighted by Crippen LogP contribution is -2.13. The average molecular weight is 297 g/mol. The van der Waals surface area contributed by atoms with Crippen molar-refractivity contribution in [2.45, 2.75) is 13.3 Å². The zero-order valence-electron chi connectivity index (χ0n) is 11.3. The summed E-state index contributed by atoms with van der Waals surface area (Å²) >= 11 is 5.70. The molecule has 20 heavy (non-hydrogen) atoms. The van der Waals surface area contributed by atoms with Gasteiger partial charge in [0.15, 0.2) is 0 Å². The number of rotatable bonds is 8. The van der Waals surface area contributed by atoms with Gasteiger partial charge in [-0.05, 0) is 25.5 Å². The highest BCUT2D eigenvalue weighted by Crippen LogP contribution is 2.23. The SMILES string of the molecule is C=CCCOc1ccccc1NN=C(Cl)C(=O)OCC. The van der Waals surface area contributed by atoms with E-state index in [0.717, 1.165) is 6.42 Å². The molecule has 1 N–H and O–H groups in total. The maximum absolute atomic E-state index is 11.3. The molecule has 0 amide bonds. The number of carbonyl (C=O) groups excluding carboxylic acids is 1. The molecule has 0 fully saturated rings. The molecule has 0 saturated heterocycles. The largest absolute Gasteiger partial charge is 0.491 e. The number of esters is 1. The normalized spacial score (nSPS) is 10.8. The molecule has 0 bridgehead atoms. The second-order valence-corrected chi connectivity index (χ2v) is 4.01. The van der Waals surface area contributed by atoms with Crippen LogP contribution < -0.4 is 10.2 Å². The third kappa shape index (κ3) is 5.32. The summed E-state index contributed by atoms with van der Waals surface area (Å²) in [6, 6.07) is 7.21. The molecule has 0 heterocycles. The average Bonchev–Trinajstić information content (AvgIpc) is 2.46. The molecule has 0 atom stereocenters. The minimum absolute atomic E-state index is 0.242. The number of para-hydroxylation sites is 2. The van der Waals surface area contributed by atoms with Gasteiger partial charge >= 0.3 is 5.97 Å². The predicted octanol–water partition coefficient (Wildman–Crippen LogP) is 3.17. The Hall–Kier alpha value is -2.01. The standard InChI is InChI=1S/C14H17ClN2O3/c1-3-5-10-20-12-9-7-6-8-11(12)16-17-13(15)14(18)19-4-2/h3,6-9,16H,1,4-5,10H2,2H3. The number of hydrogen-bond donors (Lipinski definition) is 1. The lowest BCUT2D eigenvalue weighted by molar-refractivity contribution is -0.134. The molecule has 0 aromatic heterocycles. The van der Waals surface area contributed by atoms with E-state index >= 15 is 0 Å². The van der Waals surface area contributed by atoms with Gasteiger partial charge in [0.05, 0.1) is 18.9 Å². The summed E-state index contributed by atoms with van der Waals surface area (Å²) < 4.78 is 10.3. The van der Waals surface area contributed by atoms with E-state index in [4.69, 9.17) is 21.1 Å². The number of halogens is 1. The Balaban J connectivity index is 2.69. The number of benzene rings is 1. The Morgan fingerprint density at radius 1 is 1.50 bits per heavy atom. The van der Waals surface area contributed by atoms with Gasteiger partial charge < -0.3 is 9.47 Å². The van der Waals surface area contributed by atoms with E-state index in [1.54, 1.807) is 25.1 Å². The summed E-state index contributed by atoms with van der Waals surface area (Å²) in [5.41, 5.74) is 3.29. The highest BCUT2D eigenvalue weighted by atomic mass is 35.5. The number of ether oxygens (including phenoxy) is 2. The molecular weight excluding hydrogens is 280 g/mol. The maximum atomic E-state index is 11.3. The van der Waals surface area contributed by atoms with Crippen molar-refractivity contribution >= 4 is 28.4 Å². The van der Waals surface area contributed by atoms with E-state index in [0.29, 0.717) is 18.0 Å². The summed E-state index contributed by atoms with van der Waals surface area (Å²) in [6.45, 7) is 6.07. The van der Waals surface area contributed by atoms with Crippen molar-refractivity contribution in [1.29, 1.82) is 0 Å². The Kier molecular flexibility index (Phi) is 7.21. The monoisotopic (exact) mass is 296 g/mol. The molecule has 108 valence electrons. The van der Waals surface area contributed by atoms with Crippen molar-refractivity contribution in [1.82, 2.24) is 0 Å². The topological polar surface area (TPSA) is 59.9 Å². The highest BCUT2D eigenvalue weighted by molar-refractivity contribution is 6.82. The zero-order chi connectivity index (χ0) is 14.8. The van der Waals surface area contributed by atoms with Gasteiger partial charge in [0.1, 0.15) is 5.75 Å². The molecule has 0 unspecified atom stereocenters. The Labute approximate surface area is 123 Å². The maximum Gasteiger partial charge on any atom is 0.370 e. The second kappa shape index (κ2) is 8.98. The molecule has 1 aromatic rings. The Morgan fingerprint density at radius 2 is 2.25 bits per heavy atom. The van der Waals surface area contributed by atoms with Crippen molar-refractivity contribution in [3.05, 3.63) is 36.9 Å². The first-order valence-electron chi connectivity index (χ1n) is 6.18. The number of carbonyl (C=O) groups is 1. The molecule has 0 aliphatic rings. The quantitative estimate of drug-likeness (QED) is 0.263. The summed E-state index contributed by atoms with van der Waals surface area (Å²) in [5, 5.41) is 3.49. The fraction of sp³-hybridized carbons (Fsp3) is 0.286. The van der Waals surface area contributed by atoms with Crippen LogP contribution in [0.2, 0.25) is 0 Å². The number of hydrazone groups is 1. The first kappa shape index (κ1) is 16.0. The summed E-state index contributed by atoms with van der Waals surface area (Å²) in [7, 11) is 0. The van der Waals surface area contributed by atoms with Gasteiger partial charge in [-0.1, -0.05) is 29.8 Å². The molecule has 0 radical (unpaired) electrons. The summed E-state index contributed by atoms with van der Waals surface area (Å²) in [6.07, 6.45) is 2.51. The third-order valence-electron chi connectivity index (χ3n) is 2.18. The number of hydrogen-bond acceptors (Lipinski definition) is 5. The first-order valence-corrected chi connectivity index (χ1v) is 6.55. The zero-order valence-corrected chi connectivity index (χ0v) is 12.0. The molecular formula is C14H17ClN2O3. The van der Waals surface area contributed by atoms with E-state index in [1.807, 2.05) is 12.1 Å². The van der Waals surface area contributed by atoms with Crippen molar-refractivity contribution < 1.29 is 14.3 Å². The van der Waals surface area contributed by atoms with Gasteiger partial charge in [0, 0.05) is 0 Å². The Bertz CT molecular complexity index is 489. The highest BCUT2D eigenvalue weighted by Gasteiger charge is 2.09. The first-order chi connectivity index (χ1) is 9.69. The third-order valence-corrected chi connectivity index (χ3v) is 2.42. The number of nitrogens with zero attached hydrogens (tertiary/aromatic N) is 1. The lowest BCUT2D eigenvalue weighted by Gasteiger charge is -2.10. The van der Waals surface area contributed by atoms with E-state index < -0.39 is 5.97 Å². The second-order valence-electron chi connectivity index (χ2n) is 3.66. The van der Waals surface area contributed by atoms with Gasteiger partial charge in [-0.15, -0.1) is 6.58 Å². The minimum atomic E-state index is -0.674. The van der Waals surface area contributed by atoms with Crippen LogP contribution >= 0.6 is 11.6 Å². The van der Waals surface area contributed by atoms with Crippen molar-refractivity contribution in [2.75, 3.05) is 18.6 Å². The van der Waals surface area contributed by atoms with Crippen molar-refractivity contribution in [2.24, 2.45) is 5.10 Å². The number of anilines is 1. The molecule has 0 aliphatic heterocycles. The molecule has 0 spiro atoms. The fourth-order valence-electron chi connectivity index (χ4n) is 1.28. The van der Waals surface area contributed by atoms with Crippen LogP contribution in [0.1, 0.15) is 13.3 Å². The smallest absolute Gasteiger partial charge is 0.370 e. The van der Waals surface area contributed by atoms with E-state index in [-0.39, 0.29) is 11.8 Å². The molecule has 0 aliphatic carbocycles. The molecule has 5 nitrogen and oxygen atoms in total. The van der Waals surface area contributed by atoms with Gasteiger partial charge in [-0.3, -0.25) is 5.43 Å². The van der Waals surface area contributed by atoms with Crippen LogP contribution in [0.5, 0.6) is 5.75 Å². The van der Waals surface area contributed by atoms with Gasteiger partial charge in [0.2, 0.25) is 5.17 Å². The minimum Gasteiger partial charge on any atom is -0.491 e. The van der Waals surface area contributed by atoms with Gasteiger partial charge in [-0.25, -0.2) is 4.79 Å². The predicted molar refractivity (Wildman–Crippen MR) is 80.3 cm³/mol. The molecule has 6 heteroatoms. The van der Waals surface area contributed by atoms with Crippen LogP contribution in [0.15, 0.2) is 42.0 Å². The van der Waals surface area contributed by atoms with Crippen molar-refractivity contribution in [3.63, 3.8) is 0 Å². The fourth-order valence-corrected chi connectivity index (χ4v) is 1.38. The Morgan fingerprint density at radius 3 is 2.95 bits per heavy atom. The van der Waals surface area contributed by atoms with E-state index in [1.165, 1.54) is 0 Å². The van der Waals surface area contributed by atoms with Gasteiger partial charge in [-0.2, -0.15) is 5.10 Å². The van der Waals surface area contributed by atoms with Crippen LogP contribution in [0.4, 0.5) is 5.69 Å². The van der Waals surface area contributed by atoms with E-state index in [2.05, 4.69) is 17.1 Å². The van der Waals surface area contributed by atoms with Crippen LogP contribution in [0.3, 0.4) is 0 Å². The summed E-state index contributed by atoms with van der Waals surface area (Å²) in [4.78, 5) is 11.3. The van der Waals surface area contributed by atoms with Crippen LogP contribution in [-0.4, -0.2) is 24.4 Å². The molecule has 1 aromatic carbocycles. The number of nitrogens with one attached hydrogen (secondary N) is 1. The van der Waals surface area contributed by atoms with Crippen LogP contribution in [0, 0.1) is 0 Å².